The van der Waals surface area contributed by atoms with Crippen molar-refractivity contribution in [3.05, 3.63) is 0 Å². The number of nitrogens with one attached hydrogen (secondary N) is 1. The fourth-order valence-electron chi connectivity index (χ4n) is 1.92. The summed E-state index contributed by atoms with van der Waals surface area (Å²) in [5, 5.41) is 3.18. The molecule has 0 bridgehead atoms. The number of Topliss-reactive ketones (excluding diaryl/α,β-unsaturated/α-hetero) is 1. The van der Waals surface area contributed by atoms with Crippen molar-refractivity contribution in [3.8, 4) is 0 Å². The summed E-state index contributed by atoms with van der Waals surface area (Å²) < 4.78 is 0. The summed E-state index contributed by atoms with van der Waals surface area (Å²) in [5.74, 6) is 0.868. The van der Waals surface area contributed by atoms with Crippen LogP contribution in [0.3, 0.4) is 0 Å². The van der Waals surface area contributed by atoms with E-state index in [0.717, 1.165) is 13.0 Å². The molecule has 0 saturated carbocycles. The van der Waals surface area contributed by atoms with E-state index in [-0.39, 0.29) is 16.8 Å². The second-order valence-electron chi connectivity index (χ2n) is 5.31. The summed E-state index contributed by atoms with van der Waals surface area (Å²) in [6, 6.07) is 0. The summed E-state index contributed by atoms with van der Waals surface area (Å²) in [6.07, 6.45) is 0.763. The Labute approximate surface area is 91.4 Å². The third-order valence-electron chi connectivity index (χ3n) is 2.89. The Morgan fingerprint density at radius 1 is 1.43 bits per heavy atom. The van der Waals surface area contributed by atoms with Gasteiger partial charge in [0.2, 0.25) is 0 Å². The first kappa shape index (κ1) is 12.0. The molecule has 0 radical (unpaired) electrons. The van der Waals surface area contributed by atoms with Crippen LogP contribution in [0.25, 0.3) is 0 Å². The first-order chi connectivity index (χ1) is 6.32. The van der Waals surface area contributed by atoms with E-state index in [4.69, 9.17) is 11.6 Å². The molecule has 1 fully saturated rings. The number of carbonyl (C=O) groups excluding carboxylic acids is 1. The van der Waals surface area contributed by atoms with Gasteiger partial charge in [-0.05, 0) is 18.9 Å². The largest absolute Gasteiger partial charge is 0.301 e. The minimum Gasteiger partial charge on any atom is -0.301 e. The molecule has 1 aliphatic heterocycles. The van der Waals surface area contributed by atoms with Crippen molar-refractivity contribution in [1.82, 2.24) is 5.32 Å². The molecule has 0 aromatic rings. The summed E-state index contributed by atoms with van der Waals surface area (Å²) in [6.45, 7) is 8.90. The molecule has 14 heavy (non-hydrogen) atoms. The third-order valence-corrected chi connectivity index (χ3v) is 3.22. The van der Waals surface area contributed by atoms with Crippen molar-refractivity contribution in [2.75, 3.05) is 6.54 Å². The highest BCUT2D eigenvalue weighted by Gasteiger charge is 2.36. The van der Waals surface area contributed by atoms with Gasteiger partial charge in [-0.2, -0.15) is 0 Å². The summed E-state index contributed by atoms with van der Waals surface area (Å²) >= 11 is 6.01. The van der Waals surface area contributed by atoms with E-state index in [1.165, 1.54) is 0 Å². The Morgan fingerprint density at radius 2 is 2.00 bits per heavy atom. The predicted molar refractivity (Wildman–Crippen MR) is 59.4 cm³/mol. The van der Waals surface area contributed by atoms with Crippen LogP contribution in [0, 0.1) is 17.3 Å². The normalized spacial score (nSPS) is 34.2. The Bertz CT molecular complexity index is 222. The molecule has 1 heterocycles. The fourth-order valence-corrected chi connectivity index (χ4v) is 2.20. The second-order valence-corrected chi connectivity index (χ2v) is 5.84. The zero-order chi connectivity index (χ0) is 10.9. The van der Waals surface area contributed by atoms with Gasteiger partial charge < -0.3 is 5.32 Å². The molecule has 2 nitrogen and oxygen atoms in total. The number of hydrogen-bond acceptors (Lipinski definition) is 2. The van der Waals surface area contributed by atoms with Gasteiger partial charge in [0, 0.05) is 11.3 Å². The van der Waals surface area contributed by atoms with Crippen LogP contribution in [0.1, 0.15) is 34.1 Å². The molecule has 0 aromatic heterocycles. The maximum Gasteiger partial charge on any atom is 0.141 e. The van der Waals surface area contributed by atoms with Gasteiger partial charge in [0.1, 0.15) is 5.78 Å². The van der Waals surface area contributed by atoms with Crippen LogP contribution in [0.2, 0.25) is 0 Å². The first-order valence-electron chi connectivity index (χ1n) is 5.24. The molecule has 0 aromatic carbocycles. The average molecular weight is 218 g/mol. The molecule has 1 N–H and O–H groups in total. The van der Waals surface area contributed by atoms with Gasteiger partial charge in [-0.15, -0.1) is 11.6 Å². The van der Waals surface area contributed by atoms with Crippen LogP contribution >= 0.6 is 11.6 Å². The minimum absolute atomic E-state index is 0.0394. The quantitative estimate of drug-likeness (QED) is 0.540. The van der Waals surface area contributed by atoms with Gasteiger partial charge in [0.25, 0.3) is 0 Å². The number of piperidine rings is 1. The van der Waals surface area contributed by atoms with Crippen molar-refractivity contribution in [1.29, 1.82) is 0 Å². The lowest BCUT2D eigenvalue weighted by molar-refractivity contribution is -0.132. The van der Waals surface area contributed by atoms with E-state index in [0.29, 0.717) is 11.7 Å². The SMILES string of the molecule is CC1CNC(Cl)CC1C(=O)C(C)(C)C. The molecule has 1 saturated heterocycles. The van der Waals surface area contributed by atoms with Crippen LogP contribution in [0.5, 0.6) is 0 Å². The predicted octanol–water partition coefficient (Wildman–Crippen LogP) is 2.41. The molecule has 3 unspecified atom stereocenters. The lowest BCUT2D eigenvalue weighted by Gasteiger charge is -2.35. The Kier molecular flexibility index (Phi) is 3.59. The van der Waals surface area contributed by atoms with Gasteiger partial charge in [-0.25, -0.2) is 0 Å². The van der Waals surface area contributed by atoms with Crippen molar-refractivity contribution >= 4 is 17.4 Å². The Hall–Kier alpha value is -0.0800. The molecular formula is C11H20ClNO. The fraction of sp³-hybridized carbons (Fsp3) is 0.909. The van der Waals surface area contributed by atoms with E-state index in [2.05, 4.69) is 12.2 Å². The highest BCUT2D eigenvalue weighted by atomic mass is 35.5. The van der Waals surface area contributed by atoms with Gasteiger partial charge in [-0.3, -0.25) is 4.79 Å². The second kappa shape index (κ2) is 4.19. The molecule has 1 rings (SSSR count). The highest BCUT2D eigenvalue weighted by molar-refractivity contribution is 6.20. The monoisotopic (exact) mass is 217 g/mol. The Morgan fingerprint density at radius 3 is 2.50 bits per heavy atom. The van der Waals surface area contributed by atoms with Crippen LogP contribution in [-0.2, 0) is 4.79 Å². The van der Waals surface area contributed by atoms with Gasteiger partial charge >= 0.3 is 0 Å². The number of rotatable bonds is 1. The third kappa shape index (κ3) is 2.71. The summed E-state index contributed by atoms with van der Waals surface area (Å²) in [4.78, 5) is 12.1. The van der Waals surface area contributed by atoms with Crippen LogP contribution in [0.15, 0.2) is 0 Å². The van der Waals surface area contributed by atoms with E-state index in [1.807, 2.05) is 20.8 Å². The molecular weight excluding hydrogens is 198 g/mol. The summed E-state index contributed by atoms with van der Waals surface area (Å²) in [7, 11) is 0. The molecule has 0 amide bonds. The average Bonchev–Trinajstić information content (AvgIpc) is 2.06. The number of halogens is 1. The van der Waals surface area contributed by atoms with Gasteiger partial charge in [0.05, 0.1) is 5.50 Å². The number of ketones is 1. The van der Waals surface area contributed by atoms with Crippen molar-refractivity contribution in [2.24, 2.45) is 17.3 Å². The molecule has 1 aliphatic rings. The van der Waals surface area contributed by atoms with E-state index >= 15 is 0 Å². The maximum atomic E-state index is 12.1. The van der Waals surface area contributed by atoms with Crippen molar-refractivity contribution in [2.45, 2.75) is 39.6 Å². The lowest BCUT2D eigenvalue weighted by Crippen LogP contribution is -2.45. The number of carbonyl (C=O) groups is 1. The highest BCUT2D eigenvalue weighted by Crippen LogP contribution is 2.31. The summed E-state index contributed by atoms with van der Waals surface area (Å²) in [5.41, 5.74) is -0.283. The van der Waals surface area contributed by atoms with E-state index in [9.17, 15) is 4.79 Å². The standard InChI is InChI=1S/C11H20ClNO/c1-7-6-13-9(12)5-8(7)10(14)11(2,3)4/h7-9,13H,5-6H2,1-4H3. The van der Waals surface area contributed by atoms with Gasteiger partial charge in [0.15, 0.2) is 0 Å². The zero-order valence-electron chi connectivity index (χ0n) is 9.43. The van der Waals surface area contributed by atoms with Crippen LogP contribution in [0.4, 0.5) is 0 Å². The lowest BCUT2D eigenvalue weighted by atomic mass is 9.75. The van der Waals surface area contributed by atoms with E-state index in [1.54, 1.807) is 0 Å². The van der Waals surface area contributed by atoms with Crippen LogP contribution < -0.4 is 5.32 Å². The topological polar surface area (TPSA) is 29.1 Å². The minimum atomic E-state index is -0.243. The molecule has 3 atom stereocenters. The number of alkyl halides is 1. The van der Waals surface area contributed by atoms with Crippen molar-refractivity contribution < 1.29 is 4.79 Å². The molecule has 0 aliphatic carbocycles. The van der Waals surface area contributed by atoms with Gasteiger partial charge in [-0.1, -0.05) is 27.7 Å². The van der Waals surface area contributed by atoms with E-state index < -0.39 is 0 Å². The molecule has 0 spiro atoms. The first-order valence-corrected chi connectivity index (χ1v) is 5.68. The Balaban J connectivity index is 2.70. The smallest absolute Gasteiger partial charge is 0.141 e. The van der Waals surface area contributed by atoms with Crippen LogP contribution in [-0.4, -0.2) is 17.8 Å². The van der Waals surface area contributed by atoms with Crippen molar-refractivity contribution in [3.63, 3.8) is 0 Å². The molecule has 3 heteroatoms. The molecule has 82 valence electrons. The maximum absolute atomic E-state index is 12.1. The number of hydrogen-bond donors (Lipinski definition) is 1. The zero-order valence-corrected chi connectivity index (χ0v) is 10.2.